The van der Waals surface area contributed by atoms with Gasteiger partial charge in [-0.3, -0.25) is 4.79 Å². The summed E-state index contributed by atoms with van der Waals surface area (Å²) in [7, 11) is 0. The topological polar surface area (TPSA) is 102 Å². The smallest absolute Gasteiger partial charge is 0.410 e. The maximum absolute atomic E-state index is 13.4. The molecule has 1 saturated heterocycles. The summed E-state index contributed by atoms with van der Waals surface area (Å²) in [5, 5.41) is 8.43. The van der Waals surface area contributed by atoms with E-state index >= 15 is 0 Å². The lowest BCUT2D eigenvalue weighted by Gasteiger charge is -2.46. The van der Waals surface area contributed by atoms with E-state index in [4.69, 9.17) is 10.1 Å². The summed E-state index contributed by atoms with van der Waals surface area (Å²) in [5.74, 6) is -0.0397. The number of nitrogens with zero attached hydrogens (tertiary/aromatic N) is 3. The van der Waals surface area contributed by atoms with Gasteiger partial charge in [0.25, 0.3) is 5.91 Å². The summed E-state index contributed by atoms with van der Waals surface area (Å²) in [6.45, 7) is 14.4. The first-order valence-corrected chi connectivity index (χ1v) is 12.1. The highest BCUT2D eigenvalue weighted by Gasteiger charge is 2.40. The first-order valence-electron chi connectivity index (χ1n) is 12.1. The number of aromatic nitrogens is 2. The average molecular weight is 498 g/mol. The molecule has 0 unspecified atom stereocenters. The minimum absolute atomic E-state index is 0.0220. The first kappa shape index (κ1) is 27.1. The first-order chi connectivity index (χ1) is 16.7. The summed E-state index contributed by atoms with van der Waals surface area (Å²) < 4.78 is 18.8. The lowest BCUT2D eigenvalue weighted by Crippen LogP contribution is -2.62. The summed E-state index contributed by atoms with van der Waals surface area (Å²) in [6.07, 6.45) is 2.81. The van der Waals surface area contributed by atoms with Crippen molar-refractivity contribution >= 4 is 23.3 Å². The van der Waals surface area contributed by atoms with Crippen LogP contribution in [0.3, 0.4) is 0 Å². The molecule has 1 aliphatic rings. The van der Waals surface area contributed by atoms with Crippen molar-refractivity contribution < 1.29 is 18.7 Å². The molecule has 2 amide bonds. The van der Waals surface area contributed by atoms with Crippen molar-refractivity contribution in [2.75, 3.05) is 19.6 Å². The number of benzene rings is 1. The Labute approximate surface area is 212 Å². The minimum atomic E-state index is -0.612. The van der Waals surface area contributed by atoms with Gasteiger partial charge in [-0.1, -0.05) is 13.8 Å². The van der Waals surface area contributed by atoms with Crippen LogP contribution in [0.15, 0.2) is 36.5 Å². The zero-order valence-corrected chi connectivity index (χ0v) is 22.1. The second-order valence-corrected chi connectivity index (χ2v) is 11.0. The Hall–Kier alpha value is -3.49. The summed E-state index contributed by atoms with van der Waals surface area (Å²) >= 11 is 0. The molecular formula is C27H36FN5O3. The highest BCUT2D eigenvalue weighted by molar-refractivity contribution is 6.10. The number of amides is 2. The molecule has 1 fully saturated rings. The van der Waals surface area contributed by atoms with E-state index in [1.54, 1.807) is 28.0 Å². The summed E-state index contributed by atoms with van der Waals surface area (Å²) in [4.78, 5) is 36.9. The number of allylic oxidation sites excluding steroid dienone is 2. The van der Waals surface area contributed by atoms with Crippen molar-refractivity contribution in [3.05, 3.63) is 59.4 Å². The zero-order chi connectivity index (χ0) is 26.8. The van der Waals surface area contributed by atoms with E-state index in [9.17, 15) is 14.0 Å². The second-order valence-electron chi connectivity index (χ2n) is 11.0. The molecule has 2 N–H and O–H groups in total. The van der Waals surface area contributed by atoms with Gasteiger partial charge in [-0.05, 0) is 82.0 Å². The molecule has 0 bridgehead atoms. The third kappa shape index (κ3) is 6.38. The molecular weight excluding hydrogens is 461 g/mol. The Bertz CT molecular complexity index is 1160. The van der Waals surface area contributed by atoms with Gasteiger partial charge >= 0.3 is 6.09 Å². The summed E-state index contributed by atoms with van der Waals surface area (Å²) in [5.41, 5.74) is 0.708. The molecule has 0 spiro atoms. The fourth-order valence-corrected chi connectivity index (χ4v) is 4.11. The number of aromatic amines is 1. The maximum Gasteiger partial charge on any atom is 0.410 e. The van der Waals surface area contributed by atoms with Gasteiger partial charge in [-0.15, -0.1) is 0 Å². The van der Waals surface area contributed by atoms with E-state index in [0.717, 1.165) is 5.57 Å². The fraction of sp³-hybridized carbons (Fsp3) is 0.481. The third-order valence-corrected chi connectivity index (χ3v) is 5.96. The molecule has 2 aromatic rings. The Morgan fingerprint density at radius 1 is 1.19 bits per heavy atom. The Kier molecular flexibility index (Phi) is 7.71. The van der Waals surface area contributed by atoms with Crippen LogP contribution < -0.4 is 0 Å². The highest BCUT2D eigenvalue weighted by Crippen LogP contribution is 2.26. The molecule has 0 radical (unpaired) electrons. The molecule has 1 aliphatic heterocycles. The average Bonchev–Trinajstić information content (AvgIpc) is 3.25. The second kappa shape index (κ2) is 10.2. The van der Waals surface area contributed by atoms with Gasteiger partial charge in [-0.25, -0.2) is 14.2 Å². The van der Waals surface area contributed by atoms with E-state index in [1.165, 1.54) is 18.3 Å². The number of halogens is 1. The van der Waals surface area contributed by atoms with Crippen LogP contribution in [-0.4, -0.2) is 68.3 Å². The predicted octanol–water partition coefficient (Wildman–Crippen LogP) is 5.13. The van der Waals surface area contributed by atoms with Crippen LogP contribution in [0.5, 0.6) is 0 Å². The molecule has 36 heavy (non-hydrogen) atoms. The van der Waals surface area contributed by atoms with Crippen molar-refractivity contribution in [2.45, 2.75) is 59.6 Å². The van der Waals surface area contributed by atoms with Crippen LogP contribution in [0.2, 0.25) is 0 Å². The highest BCUT2D eigenvalue weighted by atomic mass is 19.1. The van der Waals surface area contributed by atoms with E-state index in [2.05, 4.69) is 9.97 Å². The van der Waals surface area contributed by atoms with Gasteiger partial charge in [0.1, 0.15) is 22.9 Å². The van der Waals surface area contributed by atoms with Gasteiger partial charge in [0, 0.05) is 19.6 Å². The van der Waals surface area contributed by atoms with Crippen molar-refractivity contribution in [3.63, 3.8) is 0 Å². The van der Waals surface area contributed by atoms with Crippen molar-refractivity contribution in [2.24, 2.45) is 5.92 Å². The molecule has 0 atom stereocenters. The van der Waals surface area contributed by atoms with E-state index < -0.39 is 11.1 Å². The molecule has 0 saturated carbocycles. The van der Waals surface area contributed by atoms with Gasteiger partial charge in [0.15, 0.2) is 0 Å². The van der Waals surface area contributed by atoms with Crippen LogP contribution in [0.25, 0.3) is 5.57 Å². The van der Waals surface area contributed by atoms with Crippen LogP contribution in [0, 0.1) is 17.1 Å². The van der Waals surface area contributed by atoms with Crippen molar-refractivity contribution in [1.29, 1.82) is 5.41 Å². The van der Waals surface area contributed by atoms with Crippen LogP contribution in [0.1, 0.15) is 70.3 Å². The Balaban J connectivity index is 1.78. The number of piperazine rings is 1. The van der Waals surface area contributed by atoms with Gasteiger partial charge < -0.3 is 24.9 Å². The van der Waals surface area contributed by atoms with Gasteiger partial charge in [0.2, 0.25) is 0 Å². The molecule has 2 heterocycles. The van der Waals surface area contributed by atoms with Crippen LogP contribution in [-0.2, 0) is 4.74 Å². The molecule has 8 nitrogen and oxygen atoms in total. The quantitative estimate of drug-likeness (QED) is 0.559. The standard InChI is InChI=1S/C27H36FN5O3/c1-17(2)20(14-21(29)18-8-10-19(28)11-9-18)23-30-15-22(31-23)24(34)33-13-12-32(16-27(33,6)7)25(35)36-26(3,4)5/h8-11,14-15,17,29H,12-13,16H2,1-7H3,(H,30,31)/b20-14-,29-21?. The SMILES string of the molecule is CC(C)/C(=C/C(=N)c1ccc(F)cc1)c1ncc(C(=O)N2CCN(C(=O)OC(C)(C)C)CC2(C)C)[nH]1. The fourth-order valence-electron chi connectivity index (χ4n) is 4.11. The van der Waals surface area contributed by atoms with Crippen molar-refractivity contribution in [1.82, 2.24) is 19.8 Å². The number of carbonyl (C=O) groups is 2. The van der Waals surface area contributed by atoms with Crippen LogP contribution >= 0.6 is 0 Å². The number of hydrogen-bond donors (Lipinski definition) is 2. The van der Waals surface area contributed by atoms with Crippen LogP contribution in [0.4, 0.5) is 9.18 Å². The Morgan fingerprint density at radius 3 is 2.39 bits per heavy atom. The van der Waals surface area contributed by atoms with Gasteiger partial charge in [-0.2, -0.15) is 0 Å². The molecule has 9 heteroatoms. The number of H-pyrrole nitrogens is 1. The number of carbonyl (C=O) groups excluding carboxylic acids is 2. The predicted molar refractivity (Wildman–Crippen MR) is 138 cm³/mol. The van der Waals surface area contributed by atoms with E-state index in [0.29, 0.717) is 36.7 Å². The monoisotopic (exact) mass is 497 g/mol. The molecule has 3 rings (SSSR count). The normalized spacial score (nSPS) is 16.3. The maximum atomic E-state index is 13.4. The number of imidazole rings is 1. The molecule has 1 aromatic heterocycles. The lowest BCUT2D eigenvalue weighted by atomic mass is 9.98. The number of ether oxygens (including phenoxy) is 1. The zero-order valence-electron chi connectivity index (χ0n) is 22.1. The molecule has 1 aromatic carbocycles. The van der Waals surface area contributed by atoms with E-state index in [-0.39, 0.29) is 29.4 Å². The number of hydrogen-bond acceptors (Lipinski definition) is 5. The van der Waals surface area contributed by atoms with E-state index in [1.807, 2.05) is 48.5 Å². The number of rotatable bonds is 5. The molecule has 194 valence electrons. The minimum Gasteiger partial charge on any atom is -0.444 e. The van der Waals surface area contributed by atoms with Gasteiger partial charge in [0.05, 0.1) is 17.4 Å². The number of nitrogens with one attached hydrogen (secondary N) is 2. The lowest BCUT2D eigenvalue weighted by molar-refractivity contribution is -0.0110. The largest absolute Gasteiger partial charge is 0.444 e. The third-order valence-electron chi connectivity index (χ3n) is 5.96. The van der Waals surface area contributed by atoms with Crippen molar-refractivity contribution in [3.8, 4) is 0 Å². The summed E-state index contributed by atoms with van der Waals surface area (Å²) in [6, 6.07) is 5.76. The molecule has 0 aliphatic carbocycles. The Morgan fingerprint density at radius 2 is 1.83 bits per heavy atom.